The molecule has 0 aliphatic heterocycles. The maximum absolute atomic E-state index is 12.2. The minimum absolute atomic E-state index is 0.283. The van der Waals surface area contributed by atoms with E-state index in [1.165, 1.54) is 5.56 Å². The number of hydrogen-bond acceptors (Lipinski definition) is 4. The van der Waals surface area contributed by atoms with Crippen molar-refractivity contribution in [3.8, 4) is 11.4 Å². The molecule has 0 fully saturated rings. The van der Waals surface area contributed by atoms with E-state index in [1.54, 1.807) is 6.92 Å². The number of aryl methyl sites for hydroxylation is 2. The summed E-state index contributed by atoms with van der Waals surface area (Å²) in [6.07, 6.45) is 3.87. The van der Waals surface area contributed by atoms with Gasteiger partial charge in [0, 0.05) is 18.5 Å². The zero-order valence-corrected chi connectivity index (χ0v) is 17.9. The molecule has 0 amide bonds. The highest BCUT2D eigenvalue weighted by atomic mass is 16.5. The first-order valence-corrected chi connectivity index (χ1v) is 10.8. The summed E-state index contributed by atoms with van der Waals surface area (Å²) < 4.78 is 9.81. The van der Waals surface area contributed by atoms with Crippen LogP contribution in [0.2, 0.25) is 0 Å². The fraction of sp³-hybridized carbons (Fsp3) is 0.240. The van der Waals surface area contributed by atoms with Gasteiger partial charge < -0.3 is 4.74 Å². The molecule has 0 atom stereocenters. The zero-order valence-electron chi connectivity index (χ0n) is 17.9. The van der Waals surface area contributed by atoms with E-state index in [0.717, 1.165) is 52.1 Å². The van der Waals surface area contributed by atoms with Gasteiger partial charge in [-0.2, -0.15) is 0 Å². The lowest BCUT2D eigenvalue weighted by Crippen LogP contribution is -2.06. The van der Waals surface area contributed by atoms with Crippen molar-refractivity contribution in [2.24, 2.45) is 0 Å². The minimum Gasteiger partial charge on any atom is -0.424 e. The van der Waals surface area contributed by atoms with Crippen LogP contribution >= 0.6 is 0 Å². The van der Waals surface area contributed by atoms with Crippen molar-refractivity contribution in [3.63, 3.8) is 0 Å². The molecule has 2 aromatic carbocycles. The molecule has 6 heteroatoms. The Hall–Kier alpha value is -3.67. The Balaban J connectivity index is 1.88. The average Bonchev–Trinajstić information content (AvgIpc) is 3.37. The summed E-state index contributed by atoms with van der Waals surface area (Å²) in [6.45, 7) is 6.01. The molecule has 0 radical (unpaired) electrons. The molecule has 0 aliphatic carbocycles. The summed E-state index contributed by atoms with van der Waals surface area (Å²) in [4.78, 5) is 22.1. The first-order valence-electron chi connectivity index (χ1n) is 10.8. The molecule has 0 bridgehead atoms. The second-order valence-electron chi connectivity index (χ2n) is 7.55. The molecule has 0 saturated carbocycles. The largest absolute Gasteiger partial charge is 0.424 e. The zero-order chi connectivity index (χ0) is 21.5. The third-order valence-corrected chi connectivity index (χ3v) is 5.67. The summed E-state index contributed by atoms with van der Waals surface area (Å²) >= 11 is 0. The number of fused-ring (bicyclic) bond motifs is 5. The van der Waals surface area contributed by atoms with Crippen LogP contribution in [-0.4, -0.2) is 24.9 Å². The van der Waals surface area contributed by atoms with E-state index in [-0.39, 0.29) is 5.97 Å². The Morgan fingerprint density at radius 1 is 0.935 bits per heavy atom. The second-order valence-corrected chi connectivity index (χ2v) is 7.55. The van der Waals surface area contributed by atoms with Crippen LogP contribution < -0.4 is 4.74 Å². The van der Waals surface area contributed by atoms with Crippen molar-refractivity contribution >= 4 is 33.7 Å². The minimum atomic E-state index is -0.283. The van der Waals surface area contributed by atoms with Crippen LogP contribution in [0.25, 0.3) is 33.4 Å². The Labute approximate surface area is 180 Å². The van der Waals surface area contributed by atoms with Crippen LogP contribution in [0, 0.1) is 0 Å². The molecule has 0 N–H and O–H groups in total. The molecule has 156 valence electrons. The van der Waals surface area contributed by atoms with Crippen molar-refractivity contribution < 1.29 is 9.53 Å². The highest BCUT2D eigenvalue weighted by molar-refractivity contribution is 6.01. The van der Waals surface area contributed by atoms with Crippen molar-refractivity contribution in [1.29, 1.82) is 0 Å². The number of imidazole rings is 1. The number of ether oxygens (including phenoxy) is 1. The maximum Gasteiger partial charge on any atom is 0.310 e. The summed E-state index contributed by atoms with van der Waals surface area (Å²) in [5.74, 6) is 1.11. The summed E-state index contributed by atoms with van der Waals surface area (Å²) in [6, 6.07) is 16.4. The SMILES string of the molecule is CCC(=O)Oc1cn(-c2ccc(CC)cc2)c2nc(CC)n3c4ccccc4nc3c12. The lowest BCUT2D eigenvalue weighted by Gasteiger charge is -2.09. The molecular formula is C25H24N4O2. The fourth-order valence-corrected chi connectivity index (χ4v) is 4.02. The van der Waals surface area contributed by atoms with Crippen molar-refractivity contribution in [2.45, 2.75) is 40.0 Å². The van der Waals surface area contributed by atoms with Crippen LogP contribution in [0.3, 0.4) is 0 Å². The van der Waals surface area contributed by atoms with Gasteiger partial charge in [0.15, 0.2) is 17.0 Å². The number of hydrogen-bond donors (Lipinski definition) is 0. The van der Waals surface area contributed by atoms with Gasteiger partial charge in [0.25, 0.3) is 0 Å². The van der Waals surface area contributed by atoms with Gasteiger partial charge in [0.05, 0.1) is 17.2 Å². The number of rotatable bonds is 5. The van der Waals surface area contributed by atoms with Gasteiger partial charge in [-0.25, -0.2) is 9.97 Å². The number of benzene rings is 2. The van der Waals surface area contributed by atoms with Gasteiger partial charge in [-0.3, -0.25) is 13.8 Å². The Morgan fingerprint density at radius 2 is 1.71 bits per heavy atom. The highest BCUT2D eigenvalue weighted by Gasteiger charge is 2.22. The van der Waals surface area contributed by atoms with Gasteiger partial charge in [-0.15, -0.1) is 0 Å². The Kier molecular flexibility index (Phi) is 4.70. The van der Waals surface area contributed by atoms with E-state index < -0.39 is 0 Å². The van der Waals surface area contributed by atoms with E-state index in [2.05, 4.69) is 42.5 Å². The number of para-hydroxylation sites is 2. The quantitative estimate of drug-likeness (QED) is 0.369. The third kappa shape index (κ3) is 3.06. The fourth-order valence-electron chi connectivity index (χ4n) is 4.02. The number of carbonyl (C=O) groups excluding carboxylic acids is 1. The monoisotopic (exact) mass is 412 g/mol. The summed E-state index contributed by atoms with van der Waals surface area (Å²) in [5.41, 5.74) is 5.61. The molecule has 31 heavy (non-hydrogen) atoms. The molecule has 0 saturated heterocycles. The molecular weight excluding hydrogens is 388 g/mol. The van der Waals surface area contributed by atoms with E-state index >= 15 is 0 Å². The Morgan fingerprint density at radius 3 is 2.42 bits per heavy atom. The number of carbonyl (C=O) groups is 1. The molecule has 0 spiro atoms. The molecule has 3 heterocycles. The first kappa shape index (κ1) is 19.3. The van der Waals surface area contributed by atoms with Crippen LogP contribution in [0.4, 0.5) is 0 Å². The molecule has 0 aliphatic rings. The van der Waals surface area contributed by atoms with Crippen LogP contribution in [-0.2, 0) is 17.6 Å². The summed E-state index contributed by atoms with van der Waals surface area (Å²) in [5, 5.41) is 0.745. The number of aromatic nitrogens is 4. The van der Waals surface area contributed by atoms with Crippen molar-refractivity contribution in [1.82, 2.24) is 18.9 Å². The van der Waals surface area contributed by atoms with E-state index in [1.807, 2.05) is 35.0 Å². The highest BCUT2D eigenvalue weighted by Crippen LogP contribution is 2.35. The number of nitrogens with zero attached hydrogens (tertiary/aromatic N) is 4. The normalized spacial score (nSPS) is 11.6. The maximum atomic E-state index is 12.2. The van der Waals surface area contributed by atoms with E-state index in [0.29, 0.717) is 12.2 Å². The van der Waals surface area contributed by atoms with Crippen molar-refractivity contribution in [3.05, 3.63) is 66.1 Å². The molecule has 6 nitrogen and oxygen atoms in total. The van der Waals surface area contributed by atoms with Crippen molar-refractivity contribution in [2.75, 3.05) is 0 Å². The second kappa shape index (κ2) is 7.54. The smallest absolute Gasteiger partial charge is 0.310 e. The predicted molar refractivity (Wildman–Crippen MR) is 122 cm³/mol. The standard InChI is InChI=1S/C25H24N4O2/c1-4-16-11-13-17(14-12-16)28-15-20(31-22(30)6-3)23-24(28)27-21(5-2)29-19-10-8-7-9-18(19)26-25(23)29/h7-15H,4-6H2,1-3H3. The molecule has 0 unspecified atom stereocenters. The van der Waals surface area contributed by atoms with Crippen LogP contribution in [0.5, 0.6) is 5.75 Å². The molecule has 3 aromatic heterocycles. The first-order chi connectivity index (χ1) is 15.1. The summed E-state index contributed by atoms with van der Waals surface area (Å²) in [7, 11) is 0. The molecule has 5 aromatic rings. The molecule has 5 rings (SSSR count). The van der Waals surface area contributed by atoms with Gasteiger partial charge in [0.1, 0.15) is 11.2 Å². The topological polar surface area (TPSA) is 61.4 Å². The van der Waals surface area contributed by atoms with Crippen LogP contribution in [0.1, 0.15) is 38.6 Å². The Bertz CT molecular complexity index is 1430. The van der Waals surface area contributed by atoms with E-state index in [4.69, 9.17) is 14.7 Å². The third-order valence-electron chi connectivity index (χ3n) is 5.67. The van der Waals surface area contributed by atoms with Gasteiger partial charge in [-0.05, 0) is 36.2 Å². The average molecular weight is 412 g/mol. The van der Waals surface area contributed by atoms with E-state index in [9.17, 15) is 4.79 Å². The van der Waals surface area contributed by atoms with Gasteiger partial charge in [0.2, 0.25) is 0 Å². The lowest BCUT2D eigenvalue weighted by atomic mass is 10.1. The predicted octanol–water partition coefficient (Wildman–Crippen LogP) is 5.27. The number of esters is 1. The van der Waals surface area contributed by atoms with Gasteiger partial charge >= 0.3 is 5.97 Å². The lowest BCUT2D eigenvalue weighted by molar-refractivity contribution is -0.133. The van der Waals surface area contributed by atoms with Gasteiger partial charge in [-0.1, -0.05) is 45.0 Å². The van der Waals surface area contributed by atoms with Crippen LogP contribution in [0.15, 0.2) is 54.7 Å².